The summed E-state index contributed by atoms with van der Waals surface area (Å²) in [6, 6.07) is 16.0. The number of benzene rings is 2. The number of para-hydroxylation sites is 1. The Hall–Kier alpha value is -1.26. The van der Waals surface area contributed by atoms with Gasteiger partial charge in [0.15, 0.2) is 6.17 Å². The molecular weight excluding hydrogens is 435 g/mol. The van der Waals surface area contributed by atoms with Gasteiger partial charge in [-0.05, 0) is 66.0 Å². The lowest BCUT2D eigenvalue weighted by Gasteiger charge is -2.40. The first-order chi connectivity index (χ1) is 11.5. The summed E-state index contributed by atoms with van der Waals surface area (Å²) in [5.41, 5.74) is 1.86. The molecule has 3 aromatic rings. The fraction of sp³-hybridized carbons (Fsp3) is 0.235. The van der Waals surface area contributed by atoms with Crippen LogP contribution in [0.15, 0.2) is 48.5 Å². The number of aromatic nitrogens is 1. The Kier molecular flexibility index (Phi) is 4.21. The van der Waals surface area contributed by atoms with Gasteiger partial charge in [-0.3, -0.25) is 9.55 Å². The van der Waals surface area contributed by atoms with E-state index < -0.39 is 4.65 Å². The average Bonchev–Trinajstić information content (AvgIpc) is 3.12. The number of anilines is 1. The zero-order chi connectivity index (χ0) is 16.7. The van der Waals surface area contributed by atoms with Gasteiger partial charge < -0.3 is 10.5 Å². The smallest absolute Gasteiger partial charge is 0.290 e. The van der Waals surface area contributed by atoms with Crippen LogP contribution in [0.25, 0.3) is 10.2 Å². The topological polar surface area (TPSA) is 51.2 Å². The minimum atomic E-state index is -0.457. The molecule has 0 aliphatic carbocycles. The molecule has 2 unspecified atom stereocenters. The van der Waals surface area contributed by atoms with Gasteiger partial charge in [0.25, 0.3) is 5.13 Å². The van der Waals surface area contributed by atoms with E-state index in [9.17, 15) is 5.21 Å². The number of quaternary nitrogens is 1. The maximum Gasteiger partial charge on any atom is 0.290 e. The van der Waals surface area contributed by atoms with Crippen molar-refractivity contribution < 1.29 is 0 Å². The van der Waals surface area contributed by atoms with Gasteiger partial charge in [0.1, 0.15) is 6.67 Å². The van der Waals surface area contributed by atoms with Crippen LogP contribution < -0.4 is 9.96 Å². The molecule has 0 radical (unpaired) electrons. The molecule has 1 aliphatic heterocycles. The Morgan fingerprint density at radius 2 is 2.00 bits per heavy atom. The van der Waals surface area contributed by atoms with Crippen molar-refractivity contribution in [3.05, 3.63) is 57.3 Å². The molecule has 1 aromatic heterocycles. The van der Waals surface area contributed by atoms with Crippen molar-refractivity contribution in [1.29, 1.82) is 0 Å². The van der Waals surface area contributed by atoms with Crippen LogP contribution in [0.4, 0.5) is 10.8 Å². The van der Waals surface area contributed by atoms with Gasteiger partial charge in [0, 0.05) is 9.26 Å². The summed E-state index contributed by atoms with van der Waals surface area (Å²) in [7, 11) is 1.98. The summed E-state index contributed by atoms with van der Waals surface area (Å²) < 4.78 is 1.78. The van der Waals surface area contributed by atoms with E-state index in [1.807, 2.05) is 55.6 Å². The van der Waals surface area contributed by atoms with Crippen molar-refractivity contribution in [2.45, 2.75) is 6.17 Å². The van der Waals surface area contributed by atoms with Crippen LogP contribution in [-0.4, -0.2) is 36.3 Å². The van der Waals surface area contributed by atoms with E-state index in [2.05, 4.69) is 37.8 Å². The lowest BCUT2D eigenvalue weighted by atomic mass is 10.3. The van der Waals surface area contributed by atoms with Gasteiger partial charge in [-0.1, -0.05) is 23.5 Å². The molecule has 0 bridgehead atoms. The molecule has 124 valence electrons. The first kappa shape index (κ1) is 16.2. The zero-order valence-corrected chi connectivity index (χ0v) is 16.1. The van der Waals surface area contributed by atoms with Crippen molar-refractivity contribution in [3.8, 4) is 0 Å². The van der Waals surface area contributed by atoms with Gasteiger partial charge in [0.05, 0.1) is 16.8 Å². The molecule has 7 heteroatoms. The highest BCUT2D eigenvalue weighted by Gasteiger charge is 2.42. The number of rotatable bonds is 3. The van der Waals surface area contributed by atoms with Crippen LogP contribution in [0.3, 0.4) is 0 Å². The van der Waals surface area contributed by atoms with E-state index in [0.717, 1.165) is 15.9 Å². The van der Waals surface area contributed by atoms with Crippen molar-refractivity contribution in [1.82, 2.24) is 14.5 Å². The molecule has 0 amide bonds. The summed E-state index contributed by atoms with van der Waals surface area (Å²) >= 11 is 3.77. The lowest BCUT2D eigenvalue weighted by Crippen LogP contribution is -2.52. The molecule has 0 saturated carbocycles. The molecule has 24 heavy (non-hydrogen) atoms. The quantitative estimate of drug-likeness (QED) is 0.370. The molecule has 2 atom stereocenters. The highest BCUT2D eigenvalue weighted by atomic mass is 127. The third-order valence-electron chi connectivity index (χ3n) is 4.22. The second kappa shape index (κ2) is 6.23. The maximum absolute atomic E-state index is 13.7. The number of fused-ring (bicyclic) bond motifs is 1. The number of nitrogens with zero attached hydrogens (tertiary/aromatic N) is 3. The third kappa shape index (κ3) is 2.91. The molecule has 2 heterocycles. The van der Waals surface area contributed by atoms with Crippen LogP contribution in [0, 0.1) is 8.78 Å². The number of likely N-dealkylation sites (N-methyl/N-ethyl adjacent to an activating group) is 1. The first-order valence-electron chi connectivity index (χ1n) is 7.70. The third-order valence-corrected chi connectivity index (χ3v) is 6.09. The molecule has 4 rings (SSSR count). The molecular formula is C17H17IN4OS. The van der Waals surface area contributed by atoms with Gasteiger partial charge >= 0.3 is 0 Å². The second-order valence-electron chi connectivity index (χ2n) is 6.11. The van der Waals surface area contributed by atoms with Crippen LogP contribution in [0.5, 0.6) is 0 Å². The number of thiazole rings is 1. The van der Waals surface area contributed by atoms with Gasteiger partial charge in [-0.2, -0.15) is 4.98 Å². The minimum absolute atomic E-state index is 0.268. The van der Waals surface area contributed by atoms with Crippen molar-refractivity contribution in [3.63, 3.8) is 0 Å². The molecule has 1 aliphatic rings. The molecule has 0 spiro atoms. The van der Waals surface area contributed by atoms with Crippen molar-refractivity contribution in [2.75, 3.05) is 25.6 Å². The Labute approximate surface area is 158 Å². The fourth-order valence-electron chi connectivity index (χ4n) is 3.05. The van der Waals surface area contributed by atoms with Crippen molar-refractivity contribution in [2.24, 2.45) is 0 Å². The number of nitrogens with one attached hydrogen (secondary N) is 1. The van der Waals surface area contributed by atoms with E-state index in [-0.39, 0.29) is 6.17 Å². The number of hydrogen-bond acceptors (Lipinski definition) is 5. The Morgan fingerprint density at radius 1 is 1.25 bits per heavy atom. The average molecular weight is 452 g/mol. The first-order valence-corrected chi connectivity index (χ1v) is 9.60. The highest BCUT2D eigenvalue weighted by molar-refractivity contribution is 14.1. The summed E-state index contributed by atoms with van der Waals surface area (Å²) in [6.45, 7) is 1.09. The summed E-state index contributed by atoms with van der Waals surface area (Å²) in [5, 5.41) is 17.7. The van der Waals surface area contributed by atoms with Crippen LogP contribution in [-0.2, 0) is 0 Å². The lowest BCUT2D eigenvalue weighted by molar-refractivity contribution is 0.323. The van der Waals surface area contributed by atoms with E-state index in [4.69, 9.17) is 0 Å². The molecule has 1 N–H and O–H groups in total. The Balaban J connectivity index is 1.68. The maximum atomic E-state index is 13.7. The Morgan fingerprint density at radius 3 is 2.75 bits per heavy atom. The molecule has 2 aromatic carbocycles. The van der Waals surface area contributed by atoms with Gasteiger partial charge in [0.2, 0.25) is 0 Å². The SMILES string of the molecule is CN1CC(Nc2ccc(I)cc2)[N+]([O-])(c2nc3ccccc3s2)C1. The Bertz CT molecular complexity index is 835. The summed E-state index contributed by atoms with van der Waals surface area (Å²) in [6.07, 6.45) is -0.268. The van der Waals surface area contributed by atoms with E-state index in [1.54, 1.807) is 0 Å². The zero-order valence-electron chi connectivity index (χ0n) is 13.1. The van der Waals surface area contributed by atoms with Crippen LogP contribution >= 0.6 is 33.9 Å². The van der Waals surface area contributed by atoms with Crippen LogP contribution in [0.2, 0.25) is 0 Å². The standard InChI is InChI=1S/C17H17IN4OS/c1-21-10-16(19-13-8-6-12(18)7-9-13)22(23,11-21)17-20-14-4-2-3-5-15(14)24-17/h2-9,16,19H,10-11H2,1H3. The number of halogens is 1. The minimum Gasteiger partial charge on any atom is -0.623 e. The van der Waals surface area contributed by atoms with E-state index in [0.29, 0.717) is 18.3 Å². The molecule has 1 saturated heterocycles. The summed E-state index contributed by atoms with van der Waals surface area (Å²) in [5.74, 6) is 0. The normalized spacial score (nSPS) is 24.5. The van der Waals surface area contributed by atoms with Gasteiger partial charge in [-0.25, -0.2) is 0 Å². The second-order valence-corrected chi connectivity index (χ2v) is 8.36. The summed E-state index contributed by atoms with van der Waals surface area (Å²) in [4.78, 5) is 6.68. The monoisotopic (exact) mass is 452 g/mol. The largest absolute Gasteiger partial charge is 0.623 e. The van der Waals surface area contributed by atoms with Gasteiger partial charge in [-0.15, -0.1) is 0 Å². The highest BCUT2D eigenvalue weighted by Crippen LogP contribution is 2.37. The van der Waals surface area contributed by atoms with E-state index >= 15 is 0 Å². The van der Waals surface area contributed by atoms with Crippen LogP contribution in [0.1, 0.15) is 0 Å². The van der Waals surface area contributed by atoms with E-state index in [1.165, 1.54) is 14.9 Å². The fourth-order valence-corrected chi connectivity index (χ4v) is 4.45. The number of hydroxylamine groups is 2. The predicted octanol–water partition coefficient (Wildman–Crippen LogP) is 4.05. The molecule has 5 nitrogen and oxygen atoms in total. The number of hydrogen-bond donors (Lipinski definition) is 1. The predicted molar refractivity (Wildman–Crippen MR) is 109 cm³/mol. The van der Waals surface area contributed by atoms with Crippen molar-refractivity contribution >= 4 is 55.0 Å². The molecule has 1 fully saturated rings.